The van der Waals surface area contributed by atoms with E-state index < -0.39 is 47.9 Å². The van der Waals surface area contributed by atoms with Crippen molar-refractivity contribution in [1.82, 2.24) is 15.5 Å². The SMILES string of the molecule is CSCC[C@H](NC(=O)[C@@H]1Cc2ccccc2CN1C(=O)[C@@H](NC(=O)[C@@H](N)CS)C(C)C)C(=O)O. The minimum Gasteiger partial charge on any atom is -0.480 e. The van der Waals surface area contributed by atoms with E-state index in [2.05, 4.69) is 23.3 Å². The molecular formula is C23H34N4O5S2. The molecule has 1 aromatic carbocycles. The molecule has 0 saturated carbocycles. The number of carboxylic acid groups (broad SMARTS) is 1. The Morgan fingerprint density at radius 2 is 1.85 bits per heavy atom. The number of hydrogen-bond acceptors (Lipinski definition) is 7. The summed E-state index contributed by atoms with van der Waals surface area (Å²) in [5.74, 6) is -2.14. The summed E-state index contributed by atoms with van der Waals surface area (Å²) in [6.07, 6.45) is 2.38. The number of aliphatic carboxylic acids is 1. The summed E-state index contributed by atoms with van der Waals surface area (Å²) in [7, 11) is 0. The highest BCUT2D eigenvalue weighted by Crippen LogP contribution is 2.25. The summed E-state index contributed by atoms with van der Waals surface area (Å²) in [6, 6.07) is 3.78. The van der Waals surface area contributed by atoms with Gasteiger partial charge in [0.2, 0.25) is 17.7 Å². The van der Waals surface area contributed by atoms with Gasteiger partial charge in [0, 0.05) is 18.7 Å². The minimum absolute atomic E-state index is 0.125. The molecule has 5 N–H and O–H groups in total. The van der Waals surface area contributed by atoms with Gasteiger partial charge < -0.3 is 26.4 Å². The molecule has 9 nitrogen and oxygen atoms in total. The van der Waals surface area contributed by atoms with Crippen LogP contribution < -0.4 is 16.4 Å². The molecule has 0 saturated heterocycles. The van der Waals surface area contributed by atoms with Crippen LogP contribution in [0, 0.1) is 5.92 Å². The highest BCUT2D eigenvalue weighted by molar-refractivity contribution is 7.98. The first kappa shape index (κ1) is 28.0. The van der Waals surface area contributed by atoms with Crippen LogP contribution in [0.2, 0.25) is 0 Å². The van der Waals surface area contributed by atoms with Gasteiger partial charge in [-0.2, -0.15) is 24.4 Å². The van der Waals surface area contributed by atoms with Gasteiger partial charge in [-0.15, -0.1) is 0 Å². The molecular weight excluding hydrogens is 476 g/mol. The third-order valence-corrected chi connectivity index (χ3v) is 6.86. The minimum atomic E-state index is -1.12. The molecule has 0 fully saturated rings. The number of benzene rings is 1. The van der Waals surface area contributed by atoms with Crippen LogP contribution in [-0.4, -0.2) is 75.6 Å². The van der Waals surface area contributed by atoms with Gasteiger partial charge in [0.25, 0.3) is 0 Å². The molecule has 3 amide bonds. The molecule has 188 valence electrons. The van der Waals surface area contributed by atoms with Crippen molar-refractivity contribution in [2.24, 2.45) is 11.7 Å². The van der Waals surface area contributed by atoms with E-state index in [-0.39, 0.29) is 31.1 Å². The monoisotopic (exact) mass is 510 g/mol. The fraction of sp³-hybridized carbons (Fsp3) is 0.565. The standard InChI is InChI=1S/C23H34N4O5S2/c1-13(2)19(26-20(28)16(24)12-33)22(30)27-11-15-7-5-4-6-14(15)10-18(27)21(29)25-17(23(31)32)8-9-34-3/h4-7,13,16-19,33H,8-12,24H2,1-3H3,(H,25,29)(H,26,28)(H,31,32)/t16-,17-,18-,19-/m0/s1. The van der Waals surface area contributed by atoms with Gasteiger partial charge in [-0.3, -0.25) is 14.4 Å². The van der Waals surface area contributed by atoms with Crippen LogP contribution in [0.5, 0.6) is 0 Å². The van der Waals surface area contributed by atoms with Crippen molar-refractivity contribution in [3.63, 3.8) is 0 Å². The normalized spacial score (nSPS) is 17.9. The van der Waals surface area contributed by atoms with Gasteiger partial charge in [0.05, 0.1) is 6.04 Å². The molecule has 0 radical (unpaired) electrons. The predicted molar refractivity (Wildman–Crippen MR) is 136 cm³/mol. The fourth-order valence-corrected chi connectivity index (χ4v) is 4.42. The summed E-state index contributed by atoms with van der Waals surface area (Å²) in [5, 5.41) is 14.9. The second kappa shape index (κ2) is 13.0. The zero-order valence-electron chi connectivity index (χ0n) is 19.7. The number of fused-ring (bicyclic) bond motifs is 1. The van der Waals surface area contributed by atoms with Crippen LogP contribution in [0.25, 0.3) is 0 Å². The van der Waals surface area contributed by atoms with E-state index in [4.69, 9.17) is 5.73 Å². The van der Waals surface area contributed by atoms with Gasteiger partial charge in [0.15, 0.2) is 0 Å². The summed E-state index contributed by atoms with van der Waals surface area (Å²) < 4.78 is 0. The van der Waals surface area contributed by atoms with E-state index in [1.54, 1.807) is 13.8 Å². The lowest BCUT2D eigenvalue weighted by Crippen LogP contribution is -2.61. The average molecular weight is 511 g/mol. The molecule has 0 aromatic heterocycles. The van der Waals surface area contributed by atoms with Crippen LogP contribution in [0.1, 0.15) is 31.4 Å². The number of rotatable bonds is 11. The lowest BCUT2D eigenvalue weighted by atomic mass is 9.91. The Balaban J connectivity index is 2.34. The van der Waals surface area contributed by atoms with E-state index >= 15 is 0 Å². The van der Waals surface area contributed by atoms with Crippen molar-refractivity contribution in [3.8, 4) is 0 Å². The molecule has 0 bridgehead atoms. The van der Waals surface area contributed by atoms with Crippen molar-refractivity contribution in [3.05, 3.63) is 35.4 Å². The van der Waals surface area contributed by atoms with Crippen molar-refractivity contribution >= 4 is 48.1 Å². The second-order valence-corrected chi connectivity index (χ2v) is 10.0. The predicted octanol–water partition coefficient (Wildman–Crippen LogP) is 0.660. The smallest absolute Gasteiger partial charge is 0.326 e. The lowest BCUT2D eigenvalue weighted by Gasteiger charge is -2.39. The van der Waals surface area contributed by atoms with Gasteiger partial charge in [-0.05, 0) is 35.5 Å². The van der Waals surface area contributed by atoms with Crippen molar-refractivity contribution in [1.29, 1.82) is 0 Å². The van der Waals surface area contributed by atoms with Crippen LogP contribution in [0.15, 0.2) is 24.3 Å². The Hall–Kier alpha value is -2.24. The zero-order chi connectivity index (χ0) is 25.4. The first-order valence-electron chi connectivity index (χ1n) is 11.2. The van der Waals surface area contributed by atoms with Crippen LogP contribution in [0.4, 0.5) is 0 Å². The van der Waals surface area contributed by atoms with Gasteiger partial charge in [0.1, 0.15) is 18.1 Å². The van der Waals surface area contributed by atoms with E-state index in [0.29, 0.717) is 5.75 Å². The first-order valence-corrected chi connectivity index (χ1v) is 13.2. The number of thioether (sulfide) groups is 1. The van der Waals surface area contributed by atoms with Crippen molar-refractivity contribution in [2.45, 2.75) is 57.4 Å². The lowest BCUT2D eigenvalue weighted by molar-refractivity contribution is -0.147. The average Bonchev–Trinajstić information content (AvgIpc) is 2.82. The van der Waals surface area contributed by atoms with E-state index in [9.17, 15) is 24.3 Å². The number of hydrogen-bond donors (Lipinski definition) is 5. The molecule has 4 atom stereocenters. The maximum absolute atomic E-state index is 13.7. The van der Waals surface area contributed by atoms with Crippen molar-refractivity contribution < 1.29 is 24.3 Å². The Morgan fingerprint density at radius 3 is 2.41 bits per heavy atom. The van der Waals surface area contributed by atoms with Gasteiger partial charge >= 0.3 is 5.97 Å². The maximum atomic E-state index is 13.7. The molecule has 34 heavy (non-hydrogen) atoms. The maximum Gasteiger partial charge on any atom is 0.326 e. The Labute approximate surface area is 210 Å². The van der Waals surface area contributed by atoms with Crippen LogP contribution in [0.3, 0.4) is 0 Å². The summed E-state index contributed by atoms with van der Waals surface area (Å²) >= 11 is 5.53. The van der Waals surface area contributed by atoms with Gasteiger partial charge in [-0.1, -0.05) is 38.1 Å². The number of thiol groups is 1. The molecule has 0 unspecified atom stereocenters. The third-order valence-electron chi connectivity index (χ3n) is 5.82. The Kier molecular flexibility index (Phi) is 10.7. The number of amides is 3. The third kappa shape index (κ3) is 7.13. The quantitative estimate of drug-likeness (QED) is 0.275. The highest BCUT2D eigenvalue weighted by Gasteiger charge is 2.40. The van der Waals surface area contributed by atoms with Crippen LogP contribution >= 0.6 is 24.4 Å². The van der Waals surface area contributed by atoms with E-state index in [1.807, 2.05) is 30.5 Å². The second-order valence-electron chi connectivity index (χ2n) is 8.66. The van der Waals surface area contributed by atoms with Crippen LogP contribution in [-0.2, 0) is 32.1 Å². The number of carbonyl (C=O) groups is 4. The van der Waals surface area contributed by atoms with E-state index in [0.717, 1.165) is 11.1 Å². The number of carboxylic acids is 1. The molecule has 1 aromatic rings. The molecule has 11 heteroatoms. The molecule has 1 aliphatic heterocycles. The molecule has 1 heterocycles. The Bertz CT molecular complexity index is 898. The fourth-order valence-electron chi connectivity index (χ4n) is 3.79. The molecule has 0 aliphatic carbocycles. The number of carbonyl (C=O) groups excluding carboxylic acids is 3. The topological polar surface area (TPSA) is 142 Å². The largest absolute Gasteiger partial charge is 0.480 e. The summed E-state index contributed by atoms with van der Waals surface area (Å²) in [4.78, 5) is 52.5. The molecule has 0 spiro atoms. The van der Waals surface area contributed by atoms with E-state index in [1.165, 1.54) is 16.7 Å². The molecule has 2 rings (SSSR count). The zero-order valence-corrected chi connectivity index (χ0v) is 21.4. The molecule has 1 aliphatic rings. The summed E-state index contributed by atoms with van der Waals surface area (Å²) in [5.41, 5.74) is 7.59. The Morgan fingerprint density at radius 1 is 1.21 bits per heavy atom. The number of nitrogens with one attached hydrogen (secondary N) is 2. The highest BCUT2D eigenvalue weighted by atomic mass is 32.2. The first-order chi connectivity index (χ1) is 16.1. The van der Waals surface area contributed by atoms with Crippen molar-refractivity contribution in [2.75, 3.05) is 17.8 Å². The number of nitrogens with zero attached hydrogens (tertiary/aromatic N) is 1. The summed E-state index contributed by atoms with van der Waals surface area (Å²) in [6.45, 7) is 3.77. The van der Waals surface area contributed by atoms with Gasteiger partial charge in [-0.25, -0.2) is 4.79 Å². The number of nitrogens with two attached hydrogens (primary N) is 1.